The lowest BCUT2D eigenvalue weighted by atomic mass is 9.80. The van der Waals surface area contributed by atoms with Crippen LogP contribution in [0.25, 0.3) is 0 Å². The van der Waals surface area contributed by atoms with Crippen LogP contribution in [-0.4, -0.2) is 27.6 Å². The molecule has 0 bridgehead atoms. The molecule has 3 aromatic carbocycles. The summed E-state index contributed by atoms with van der Waals surface area (Å²) < 4.78 is 14.5. The minimum absolute atomic E-state index is 0.195. The Kier molecular flexibility index (Phi) is 6.92. The smallest absolute Gasteiger partial charge is 0.330 e. The Morgan fingerprint density at radius 3 is 1.92 bits per heavy atom. The predicted molar refractivity (Wildman–Crippen MR) is 139 cm³/mol. The van der Waals surface area contributed by atoms with Crippen LogP contribution in [0.5, 0.6) is 0 Å². The fraction of sp³-hybridized carbons (Fsp3) is 0.241. The Hall–Kier alpha value is -3.45. The van der Waals surface area contributed by atoms with Crippen molar-refractivity contribution in [3.05, 3.63) is 140 Å². The first-order valence-corrected chi connectivity index (χ1v) is 12.3. The van der Waals surface area contributed by atoms with Gasteiger partial charge in [0, 0.05) is 18.2 Å². The molecule has 0 aliphatic carbocycles. The van der Waals surface area contributed by atoms with E-state index in [1.807, 2.05) is 54.6 Å². The first kappa shape index (κ1) is 24.3. The average molecular weight is 503 g/mol. The molecular formula is C29H27ClN2O4. The van der Waals surface area contributed by atoms with Crippen LogP contribution in [0.3, 0.4) is 0 Å². The second-order valence-electron chi connectivity index (χ2n) is 8.95. The van der Waals surface area contributed by atoms with Crippen molar-refractivity contribution in [2.75, 3.05) is 6.61 Å². The summed E-state index contributed by atoms with van der Waals surface area (Å²) in [5.41, 5.74) is 1.55. The zero-order valence-electron chi connectivity index (χ0n) is 19.8. The maximum Gasteiger partial charge on any atom is 0.330 e. The Balaban J connectivity index is 1.50. The largest absolute Gasteiger partial charge is 0.358 e. The van der Waals surface area contributed by atoms with Gasteiger partial charge in [-0.15, -0.1) is 11.6 Å². The number of aromatic amines is 1. The molecule has 0 unspecified atom stereocenters. The molecule has 0 radical (unpaired) electrons. The van der Waals surface area contributed by atoms with Gasteiger partial charge in [0.25, 0.3) is 5.56 Å². The molecule has 1 aliphatic rings. The summed E-state index contributed by atoms with van der Waals surface area (Å²) in [4.78, 5) is 26.5. The Bertz CT molecular complexity index is 1320. The zero-order chi connectivity index (χ0) is 25.1. The highest BCUT2D eigenvalue weighted by molar-refractivity contribution is 6.21. The van der Waals surface area contributed by atoms with Gasteiger partial charge in [0.1, 0.15) is 11.8 Å². The predicted octanol–water partition coefficient (Wildman–Crippen LogP) is 4.75. The number of hydrogen-bond donors (Lipinski definition) is 1. The van der Waals surface area contributed by atoms with Gasteiger partial charge in [0.2, 0.25) is 0 Å². The average Bonchev–Trinajstić information content (AvgIpc) is 3.28. The first-order chi connectivity index (χ1) is 17.5. The molecule has 3 atom stereocenters. The topological polar surface area (TPSA) is 73.3 Å². The normalized spacial score (nSPS) is 19.9. The third kappa shape index (κ3) is 4.55. The molecule has 7 heteroatoms. The zero-order valence-corrected chi connectivity index (χ0v) is 20.6. The molecule has 1 N–H and O–H groups in total. The number of halogens is 1. The number of alkyl halides is 1. The van der Waals surface area contributed by atoms with E-state index in [2.05, 4.69) is 41.4 Å². The van der Waals surface area contributed by atoms with Gasteiger partial charge in [-0.2, -0.15) is 0 Å². The molecule has 5 rings (SSSR count). The van der Waals surface area contributed by atoms with Crippen molar-refractivity contribution in [3.8, 4) is 0 Å². The monoisotopic (exact) mass is 502 g/mol. The standard InChI is InChI=1S/C29H27ClN2O4/c1-20-18-32(28(34)31-27(20)33)26-17-24(30)25(36-26)19-35-29(21-11-5-2-6-12-21,22-13-7-3-8-14-22)23-15-9-4-10-16-23/h2-16,18,24-26H,17,19H2,1H3,(H,31,33,34)/t24-,25-,26-/m1/s1. The number of hydrogen-bond acceptors (Lipinski definition) is 4. The van der Waals surface area contributed by atoms with Gasteiger partial charge in [0.15, 0.2) is 0 Å². The van der Waals surface area contributed by atoms with E-state index in [-0.39, 0.29) is 12.0 Å². The van der Waals surface area contributed by atoms with Crippen LogP contribution < -0.4 is 11.2 Å². The third-order valence-electron chi connectivity index (χ3n) is 6.62. The van der Waals surface area contributed by atoms with Crippen LogP contribution in [-0.2, 0) is 15.1 Å². The summed E-state index contributed by atoms with van der Waals surface area (Å²) in [5.74, 6) is 0. The van der Waals surface area contributed by atoms with Crippen molar-refractivity contribution in [3.63, 3.8) is 0 Å². The maximum atomic E-state index is 12.4. The van der Waals surface area contributed by atoms with Crippen molar-refractivity contribution in [2.45, 2.75) is 36.7 Å². The van der Waals surface area contributed by atoms with Crippen LogP contribution in [0.1, 0.15) is 34.9 Å². The molecule has 2 heterocycles. The number of ether oxygens (including phenoxy) is 2. The summed E-state index contributed by atoms with van der Waals surface area (Å²) in [6.07, 6.45) is 0.867. The van der Waals surface area contributed by atoms with E-state index >= 15 is 0 Å². The minimum Gasteiger partial charge on any atom is -0.358 e. The molecule has 0 amide bonds. The molecule has 1 aromatic heterocycles. The highest BCUT2D eigenvalue weighted by Gasteiger charge is 2.41. The van der Waals surface area contributed by atoms with Crippen LogP contribution in [0.15, 0.2) is 107 Å². The molecule has 0 spiro atoms. The van der Waals surface area contributed by atoms with Crippen LogP contribution in [0, 0.1) is 6.92 Å². The highest BCUT2D eigenvalue weighted by Crippen LogP contribution is 2.42. The number of nitrogens with zero attached hydrogens (tertiary/aromatic N) is 1. The van der Waals surface area contributed by atoms with Crippen molar-refractivity contribution in [2.24, 2.45) is 0 Å². The highest BCUT2D eigenvalue weighted by atomic mass is 35.5. The van der Waals surface area contributed by atoms with E-state index in [1.165, 1.54) is 10.8 Å². The van der Waals surface area contributed by atoms with E-state index in [0.717, 1.165) is 16.7 Å². The number of aryl methyl sites for hydroxylation is 1. The van der Waals surface area contributed by atoms with Gasteiger partial charge in [-0.1, -0.05) is 91.0 Å². The van der Waals surface area contributed by atoms with Gasteiger partial charge >= 0.3 is 5.69 Å². The second-order valence-corrected chi connectivity index (χ2v) is 9.51. The van der Waals surface area contributed by atoms with E-state index in [9.17, 15) is 9.59 Å². The van der Waals surface area contributed by atoms with E-state index in [1.54, 1.807) is 6.92 Å². The van der Waals surface area contributed by atoms with Crippen molar-refractivity contribution < 1.29 is 9.47 Å². The van der Waals surface area contributed by atoms with Crippen molar-refractivity contribution in [1.29, 1.82) is 0 Å². The number of nitrogens with one attached hydrogen (secondary N) is 1. The second kappa shape index (κ2) is 10.3. The molecule has 0 saturated carbocycles. The molecule has 1 saturated heterocycles. The lowest BCUT2D eigenvalue weighted by molar-refractivity contribution is -0.0768. The molecule has 1 fully saturated rings. The lowest BCUT2D eigenvalue weighted by Crippen LogP contribution is -2.37. The molecule has 6 nitrogen and oxygen atoms in total. The lowest BCUT2D eigenvalue weighted by Gasteiger charge is -2.37. The van der Waals surface area contributed by atoms with Crippen molar-refractivity contribution in [1.82, 2.24) is 9.55 Å². The first-order valence-electron chi connectivity index (χ1n) is 11.9. The van der Waals surface area contributed by atoms with Gasteiger partial charge in [-0.3, -0.25) is 14.3 Å². The Morgan fingerprint density at radius 1 is 0.917 bits per heavy atom. The molecule has 1 aliphatic heterocycles. The summed E-state index contributed by atoms with van der Waals surface area (Å²) in [6, 6.07) is 30.2. The molecular weight excluding hydrogens is 476 g/mol. The third-order valence-corrected chi connectivity index (χ3v) is 7.08. The van der Waals surface area contributed by atoms with Crippen LogP contribution >= 0.6 is 11.6 Å². The van der Waals surface area contributed by atoms with Gasteiger partial charge in [-0.05, 0) is 23.6 Å². The fourth-order valence-corrected chi connectivity index (χ4v) is 5.07. The molecule has 36 heavy (non-hydrogen) atoms. The summed E-state index contributed by atoms with van der Waals surface area (Å²) in [5, 5.41) is -0.380. The number of aromatic nitrogens is 2. The Labute approximate surface area is 214 Å². The van der Waals surface area contributed by atoms with Crippen LogP contribution in [0.2, 0.25) is 0 Å². The summed E-state index contributed by atoms with van der Waals surface area (Å²) in [7, 11) is 0. The van der Waals surface area contributed by atoms with E-state index in [0.29, 0.717) is 12.0 Å². The quantitative estimate of drug-likeness (QED) is 0.292. The van der Waals surface area contributed by atoms with E-state index < -0.39 is 29.2 Å². The number of H-pyrrole nitrogens is 1. The molecule has 184 valence electrons. The fourth-order valence-electron chi connectivity index (χ4n) is 4.79. The Morgan fingerprint density at radius 2 is 1.42 bits per heavy atom. The maximum absolute atomic E-state index is 12.4. The van der Waals surface area contributed by atoms with Crippen molar-refractivity contribution >= 4 is 11.6 Å². The summed E-state index contributed by atoms with van der Waals surface area (Å²) in [6.45, 7) is 1.84. The van der Waals surface area contributed by atoms with Gasteiger partial charge in [0.05, 0.1) is 18.1 Å². The SMILES string of the molecule is Cc1cn([C@H]2C[C@@H](Cl)[C@@H](COC(c3ccccc3)(c3ccccc3)c3ccccc3)O2)c(=O)[nH]c1=O. The number of rotatable bonds is 7. The molecule has 4 aromatic rings. The van der Waals surface area contributed by atoms with Gasteiger partial charge < -0.3 is 9.47 Å². The van der Waals surface area contributed by atoms with Crippen LogP contribution in [0.4, 0.5) is 0 Å². The minimum atomic E-state index is -0.896. The van der Waals surface area contributed by atoms with Gasteiger partial charge in [-0.25, -0.2) is 4.79 Å². The number of benzene rings is 3. The summed E-state index contributed by atoms with van der Waals surface area (Å²) >= 11 is 6.72. The van der Waals surface area contributed by atoms with E-state index in [4.69, 9.17) is 21.1 Å².